The van der Waals surface area contributed by atoms with Crippen molar-refractivity contribution in [2.45, 2.75) is 32.4 Å². The first kappa shape index (κ1) is 21.5. The molecule has 0 bridgehead atoms. The molecule has 0 radical (unpaired) electrons. The highest BCUT2D eigenvalue weighted by atomic mass is 16.5. The molecule has 0 N–H and O–H groups in total. The van der Waals surface area contributed by atoms with E-state index in [9.17, 15) is 4.79 Å². The van der Waals surface area contributed by atoms with Crippen molar-refractivity contribution in [3.63, 3.8) is 0 Å². The molecule has 2 fully saturated rings. The SMILES string of the molecule is COc1ccccc1C(=O)N(Cc1c(-c2cccc(C)c2)noc1N1CCOCC1)C1CC1. The topological polar surface area (TPSA) is 68.0 Å². The van der Waals surface area contributed by atoms with E-state index in [0.29, 0.717) is 31.1 Å². The van der Waals surface area contributed by atoms with Gasteiger partial charge in [-0.3, -0.25) is 4.79 Å². The summed E-state index contributed by atoms with van der Waals surface area (Å²) in [4.78, 5) is 17.8. The standard InChI is InChI=1S/C26H29N3O4/c1-18-6-5-7-19(16-18)24-22(26(33-27-24)28-12-14-32-15-13-28)17-29(20-10-11-20)25(30)21-8-3-4-9-23(21)31-2/h3-9,16,20H,10-15,17H2,1-2H3. The highest BCUT2D eigenvalue weighted by molar-refractivity contribution is 5.97. The van der Waals surface area contributed by atoms with E-state index < -0.39 is 0 Å². The number of carbonyl (C=O) groups excluding carboxylic acids is 1. The van der Waals surface area contributed by atoms with Crippen LogP contribution in [0.4, 0.5) is 5.88 Å². The Hall–Kier alpha value is -3.32. The highest BCUT2D eigenvalue weighted by Crippen LogP contribution is 2.37. The molecule has 33 heavy (non-hydrogen) atoms. The number of hydrogen-bond donors (Lipinski definition) is 0. The van der Waals surface area contributed by atoms with Crippen molar-refractivity contribution in [2.24, 2.45) is 0 Å². The number of benzene rings is 2. The van der Waals surface area contributed by atoms with Gasteiger partial charge in [0.25, 0.3) is 5.91 Å². The minimum Gasteiger partial charge on any atom is -0.496 e. The molecule has 2 aliphatic rings. The Kier molecular flexibility index (Phi) is 6.05. The van der Waals surface area contributed by atoms with Gasteiger partial charge in [-0.2, -0.15) is 0 Å². The van der Waals surface area contributed by atoms with Crippen molar-refractivity contribution >= 4 is 11.8 Å². The maximum Gasteiger partial charge on any atom is 0.258 e. The van der Waals surface area contributed by atoms with Crippen molar-refractivity contribution in [1.29, 1.82) is 0 Å². The third-order valence-electron chi connectivity index (χ3n) is 6.27. The first-order valence-corrected chi connectivity index (χ1v) is 11.5. The van der Waals surface area contributed by atoms with E-state index in [-0.39, 0.29) is 11.9 Å². The monoisotopic (exact) mass is 447 g/mol. The molecule has 7 nitrogen and oxygen atoms in total. The van der Waals surface area contributed by atoms with E-state index in [1.807, 2.05) is 41.3 Å². The van der Waals surface area contributed by atoms with Gasteiger partial charge in [0, 0.05) is 24.7 Å². The molecule has 2 heterocycles. The summed E-state index contributed by atoms with van der Waals surface area (Å²) in [6.07, 6.45) is 2.00. The van der Waals surface area contributed by atoms with Crippen LogP contribution in [-0.4, -0.2) is 55.4 Å². The summed E-state index contributed by atoms with van der Waals surface area (Å²) in [7, 11) is 1.60. The Morgan fingerprint density at radius 2 is 1.94 bits per heavy atom. The Morgan fingerprint density at radius 3 is 2.67 bits per heavy atom. The maximum atomic E-state index is 13.7. The fourth-order valence-electron chi connectivity index (χ4n) is 4.38. The second kappa shape index (κ2) is 9.27. The Morgan fingerprint density at radius 1 is 1.15 bits per heavy atom. The van der Waals surface area contributed by atoms with E-state index in [0.717, 1.165) is 54.2 Å². The fourth-order valence-corrected chi connectivity index (χ4v) is 4.38. The molecule has 1 saturated heterocycles. The van der Waals surface area contributed by atoms with Crippen molar-refractivity contribution in [2.75, 3.05) is 38.3 Å². The number of anilines is 1. The average Bonchev–Trinajstić information content (AvgIpc) is 3.61. The number of nitrogens with zero attached hydrogens (tertiary/aromatic N) is 3. The van der Waals surface area contributed by atoms with E-state index in [1.165, 1.54) is 0 Å². The van der Waals surface area contributed by atoms with E-state index in [1.54, 1.807) is 7.11 Å². The molecule has 1 amide bonds. The van der Waals surface area contributed by atoms with Crippen molar-refractivity contribution < 1.29 is 18.8 Å². The predicted octanol–water partition coefficient (Wildman–Crippen LogP) is 4.30. The zero-order valence-electron chi connectivity index (χ0n) is 19.1. The molecule has 2 aromatic carbocycles. The number of para-hydroxylation sites is 1. The molecule has 1 aliphatic carbocycles. The lowest BCUT2D eigenvalue weighted by Crippen LogP contribution is -2.38. The molecule has 1 aromatic heterocycles. The van der Waals surface area contributed by atoms with Gasteiger partial charge < -0.3 is 23.8 Å². The van der Waals surface area contributed by atoms with Gasteiger partial charge in [-0.05, 0) is 38.0 Å². The van der Waals surface area contributed by atoms with Gasteiger partial charge in [0.1, 0.15) is 11.4 Å². The van der Waals surface area contributed by atoms with E-state index >= 15 is 0 Å². The molecule has 1 saturated carbocycles. The van der Waals surface area contributed by atoms with Gasteiger partial charge in [0.05, 0.1) is 38.0 Å². The van der Waals surface area contributed by atoms with Crippen LogP contribution in [0.2, 0.25) is 0 Å². The molecule has 0 atom stereocenters. The Bertz CT molecular complexity index is 1130. The Balaban J connectivity index is 1.54. The number of methoxy groups -OCH3 is 1. The van der Waals surface area contributed by atoms with Crippen LogP contribution in [0.5, 0.6) is 5.75 Å². The van der Waals surface area contributed by atoms with Crippen molar-refractivity contribution in [3.8, 4) is 17.0 Å². The predicted molar refractivity (Wildman–Crippen MR) is 126 cm³/mol. The second-order valence-electron chi connectivity index (χ2n) is 8.65. The summed E-state index contributed by atoms with van der Waals surface area (Å²) >= 11 is 0. The summed E-state index contributed by atoms with van der Waals surface area (Å²) in [5, 5.41) is 4.48. The van der Waals surface area contributed by atoms with Crippen LogP contribution < -0.4 is 9.64 Å². The zero-order valence-corrected chi connectivity index (χ0v) is 19.1. The van der Waals surface area contributed by atoms with Crippen molar-refractivity contribution in [1.82, 2.24) is 10.1 Å². The second-order valence-corrected chi connectivity index (χ2v) is 8.65. The number of aromatic nitrogens is 1. The molecule has 1 aliphatic heterocycles. The van der Waals surface area contributed by atoms with Crippen LogP contribution in [0.3, 0.4) is 0 Å². The summed E-state index contributed by atoms with van der Waals surface area (Å²) < 4.78 is 16.9. The molecule has 5 rings (SSSR count). The van der Waals surface area contributed by atoms with Gasteiger partial charge in [0.15, 0.2) is 0 Å². The molecule has 0 unspecified atom stereocenters. The fraction of sp³-hybridized carbons (Fsp3) is 0.385. The van der Waals surface area contributed by atoms with E-state index in [4.69, 9.17) is 14.0 Å². The van der Waals surface area contributed by atoms with Crippen molar-refractivity contribution in [3.05, 3.63) is 65.2 Å². The van der Waals surface area contributed by atoms with E-state index in [2.05, 4.69) is 29.1 Å². The molecule has 0 spiro atoms. The normalized spacial score (nSPS) is 16.0. The quantitative estimate of drug-likeness (QED) is 0.538. The van der Waals surface area contributed by atoms with Crippen LogP contribution in [0.1, 0.15) is 34.3 Å². The first-order valence-electron chi connectivity index (χ1n) is 11.5. The minimum absolute atomic E-state index is 0.0285. The summed E-state index contributed by atoms with van der Waals surface area (Å²) in [6.45, 7) is 5.26. The third kappa shape index (κ3) is 4.46. The number of morpholine rings is 1. The summed E-state index contributed by atoms with van der Waals surface area (Å²) in [6, 6.07) is 15.9. The number of aryl methyl sites for hydroxylation is 1. The van der Waals surface area contributed by atoms with Gasteiger partial charge in [-0.15, -0.1) is 0 Å². The molecular weight excluding hydrogens is 418 g/mol. The molecule has 7 heteroatoms. The van der Waals surface area contributed by atoms with Crippen LogP contribution in [-0.2, 0) is 11.3 Å². The van der Waals surface area contributed by atoms with Crippen LogP contribution in [0.15, 0.2) is 53.1 Å². The first-order chi connectivity index (χ1) is 16.2. The van der Waals surface area contributed by atoms with Crippen LogP contribution in [0, 0.1) is 6.92 Å². The average molecular weight is 448 g/mol. The smallest absolute Gasteiger partial charge is 0.258 e. The van der Waals surface area contributed by atoms with Gasteiger partial charge >= 0.3 is 0 Å². The number of ether oxygens (including phenoxy) is 2. The van der Waals surface area contributed by atoms with Crippen LogP contribution in [0.25, 0.3) is 11.3 Å². The number of rotatable bonds is 7. The number of amides is 1. The summed E-state index contributed by atoms with van der Waals surface area (Å²) in [5.74, 6) is 1.29. The number of hydrogen-bond acceptors (Lipinski definition) is 6. The van der Waals surface area contributed by atoms with Gasteiger partial charge in [-0.1, -0.05) is 41.1 Å². The largest absolute Gasteiger partial charge is 0.496 e. The highest BCUT2D eigenvalue weighted by Gasteiger charge is 2.36. The Labute approximate surface area is 193 Å². The molecule has 172 valence electrons. The van der Waals surface area contributed by atoms with Gasteiger partial charge in [0.2, 0.25) is 5.88 Å². The van der Waals surface area contributed by atoms with Crippen LogP contribution >= 0.6 is 0 Å². The summed E-state index contributed by atoms with van der Waals surface area (Å²) in [5.41, 5.74) is 4.46. The maximum absolute atomic E-state index is 13.7. The minimum atomic E-state index is -0.0285. The molecular formula is C26H29N3O4. The third-order valence-corrected chi connectivity index (χ3v) is 6.27. The number of carbonyl (C=O) groups is 1. The lowest BCUT2D eigenvalue weighted by molar-refractivity contribution is 0.0726. The molecule has 3 aromatic rings. The lowest BCUT2D eigenvalue weighted by Gasteiger charge is -2.28. The zero-order chi connectivity index (χ0) is 22.8. The lowest BCUT2D eigenvalue weighted by atomic mass is 10.0. The van der Waals surface area contributed by atoms with Gasteiger partial charge in [-0.25, -0.2) is 0 Å².